The minimum absolute atomic E-state index is 0.0540. The quantitative estimate of drug-likeness (QED) is 0.781. The molecular formula is C19H16N2O. The first kappa shape index (κ1) is 15.5. The zero-order valence-corrected chi connectivity index (χ0v) is 12.4. The molecule has 0 saturated heterocycles. The van der Waals surface area contributed by atoms with Crippen LogP contribution >= 0.6 is 0 Å². The summed E-state index contributed by atoms with van der Waals surface area (Å²) in [6, 6.07) is 20.6. The van der Waals surface area contributed by atoms with Gasteiger partial charge in [0.1, 0.15) is 5.92 Å². The molecule has 3 nitrogen and oxygen atoms in total. The van der Waals surface area contributed by atoms with Crippen LogP contribution in [0.3, 0.4) is 0 Å². The Balaban J connectivity index is 2.30. The number of nitriles is 2. The average Bonchev–Trinajstić information content (AvgIpc) is 2.56. The highest BCUT2D eigenvalue weighted by molar-refractivity contribution is 5.96. The molecule has 0 aliphatic heterocycles. The predicted octanol–water partition coefficient (Wildman–Crippen LogP) is 4.01. The summed E-state index contributed by atoms with van der Waals surface area (Å²) in [6.45, 7) is 1.97. The van der Waals surface area contributed by atoms with Crippen LogP contribution in [0.5, 0.6) is 0 Å². The fourth-order valence-electron chi connectivity index (χ4n) is 2.39. The molecule has 0 heterocycles. The van der Waals surface area contributed by atoms with E-state index in [9.17, 15) is 15.3 Å². The van der Waals surface area contributed by atoms with Gasteiger partial charge in [-0.25, -0.2) is 0 Å². The first-order chi connectivity index (χ1) is 10.7. The molecule has 0 bridgehead atoms. The Labute approximate surface area is 130 Å². The Morgan fingerprint density at radius 3 is 2.14 bits per heavy atom. The lowest BCUT2D eigenvalue weighted by Crippen LogP contribution is -2.15. The van der Waals surface area contributed by atoms with Gasteiger partial charge in [-0.1, -0.05) is 60.2 Å². The second kappa shape index (κ2) is 7.20. The van der Waals surface area contributed by atoms with E-state index in [4.69, 9.17) is 0 Å². The second-order valence-electron chi connectivity index (χ2n) is 5.25. The van der Waals surface area contributed by atoms with Gasteiger partial charge >= 0.3 is 0 Å². The van der Waals surface area contributed by atoms with E-state index >= 15 is 0 Å². The Morgan fingerprint density at radius 1 is 1.00 bits per heavy atom. The van der Waals surface area contributed by atoms with Gasteiger partial charge in [0.15, 0.2) is 5.78 Å². The van der Waals surface area contributed by atoms with E-state index in [1.807, 2.05) is 49.4 Å². The van der Waals surface area contributed by atoms with Crippen LogP contribution in [0, 0.1) is 35.5 Å². The molecule has 22 heavy (non-hydrogen) atoms. The highest BCUT2D eigenvalue weighted by Crippen LogP contribution is 2.29. The van der Waals surface area contributed by atoms with Crippen molar-refractivity contribution in [2.45, 2.75) is 19.3 Å². The van der Waals surface area contributed by atoms with Crippen molar-refractivity contribution in [3.63, 3.8) is 0 Å². The molecule has 0 aliphatic rings. The highest BCUT2D eigenvalue weighted by Gasteiger charge is 2.26. The summed E-state index contributed by atoms with van der Waals surface area (Å²) >= 11 is 0. The first-order valence-electron chi connectivity index (χ1n) is 7.09. The van der Waals surface area contributed by atoms with Crippen LogP contribution in [0.1, 0.15) is 33.8 Å². The van der Waals surface area contributed by atoms with Gasteiger partial charge < -0.3 is 0 Å². The van der Waals surface area contributed by atoms with Crippen molar-refractivity contribution in [3.05, 3.63) is 71.3 Å². The summed E-state index contributed by atoms with van der Waals surface area (Å²) in [4.78, 5) is 12.4. The molecule has 0 N–H and O–H groups in total. The van der Waals surface area contributed by atoms with Crippen LogP contribution in [0.25, 0.3) is 0 Å². The Bertz CT molecular complexity index is 707. The summed E-state index contributed by atoms with van der Waals surface area (Å²) < 4.78 is 0. The minimum Gasteiger partial charge on any atom is -0.294 e. The van der Waals surface area contributed by atoms with Crippen LogP contribution in [0.15, 0.2) is 54.6 Å². The van der Waals surface area contributed by atoms with Gasteiger partial charge in [-0.3, -0.25) is 4.79 Å². The number of carbonyl (C=O) groups excluding carboxylic acids is 1. The van der Waals surface area contributed by atoms with Crippen molar-refractivity contribution in [2.24, 2.45) is 5.92 Å². The van der Waals surface area contributed by atoms with Crippen molar-refractivity contribution < 1.29 is 4.79 Å². The summed E-state index contributed by atoms with van der Waals surface area (Å²) in [5, 5.41) is 18.4. The number of aryl methyl sites for hydroxylation is 1. The van der Waals surface area contributed by atoms with Gasteiger partial charge in [-0.15, -0.1) is 0 Å². The Morgan fingerprint density at radius 2 is 1.59 bits per heavy atom. The molecule has 3 heteroatoms. The number of ketones is 1. The summed E-state index contributed by atoms with van der Waals surface area (Å²) in [7, 11) is 0. The minimum atomic E-state index is -0.838. The molecule has 2 aromatic carbocycles. The van der Waals surface area contributed by atoms with E-state index in [0.29, 0.717) is 5.56 Å². The van der Waals surface area contributed by atoms with Crippen molar-refractivity contribution >= 4 is 5.78 Å². The molecule has 0 aromatic heterocycles. The monoisotopic (exact) mass is 288 g/mol. The molecule has 0 amide bonds. The predicted molar refractivity (Wildman–Crippen MR) is 84.0 cm³/mol. The van der Waals surface area contributed by atoms with E-state index in [0.717, 1.165) is 11.1 Å². The van der Waals surface area contributed by atoms with Crippen molar-refractivity contribution in [2.75, 3.05) is 0 Å². The fourth-order valence-corrected chi connectivity index (χ4v) is 2.39. The second-order valence-corrected chi connectivity index (χ2v) is 5.25. The van der Waals surface area contributed by atoms with Crippen LogP contribution in [0.2, 0.25) is 0 Å². The summed E-state index contributed by atoms with van der Waals surface area (Å²) in [5.74, 6) is -1.31. The van der Waals surface area contributed by atoms with Crippen LogP contribution in [-0.4, -0.2) is 5.78 Å². The molecule has 0 fully saturated rings. The first-order valence-corrected chi connectivity index (χ1v) is 7.09. The summed E-state index contributed by atoms with van der Waals surface area (Å²) in [6.07, 6.45) is 0.152. The van der Waals surface area contributed by atoms with Gasteiger partial charge in [0.05, 0.1) is 12.1 Å². The zero-order valence-electron chi connectivity index (χ0n) is 12.4. The van der Waals surface area contributed by atoms with E-state index in [1.165, 1.54) is 0 Å². The third kappa shape index (κ3) is 3.59. The van der Waals surface area contributed by atoms with Crippen LogP contribution in [-0.2, 0) is 0 Å². The molecule has 0 aliphatic carbocycles. The fraction of sp³-hybridized carbons (Fsp3) is 0.211. The number of nitrogens with zero attached hydrogens (tertiary/aromatic N) is 2. The Hall–Kier alpha value is -2.91. The number of benzene rings is 2. The molecule has 1 atom stereocenters. The van der Waals surface area contributed by atoms with Gasteiger partial charge in [-0.05, 0) is 12.5 Å². The lowest BCUT2D eigenvalue weighted by atomic mass is 9.82. The third-order valence-corrected chi connectivity index (χ3v) is 3.69. The number of rotatable bonds is 5. The van der Waals surface area contributed by atoms with E-state index < -0.39 is 11.8 Å². The maximum atomic E-state index is 12.4. The lowest BCUT2D eigenvalue weighted by molar-refractivity contribution is 0.0971. The standard InChI is InChI=1S/C19H16N2O/c1-14-7-9-15(10-8-14)18(17(12-20)13-21)11-19(22)16-5-3-2-4-6-16/h2-10,17-18H,11H2,1H3/t18-/m1/s1. The third-order valence-electron chi connectivity index (χ3n) is 3.69. The molecule has 0 saturated carbocycles. The van der Waals surface area contributed by atoms with Crippen molar-refractivity contribution in [1.82, 2.24) is 0 Å². The number of Topliss-reactive ketones (excluding diaryl/α,β-unsaturated/α-hetero) is 1. The molecule has 0 unspecified atom stereocenters. The molecule has 0 radical (unpaired) electrons. The smallest absolute Gasteiger partial charge is 0.163 e. The van der Waals surface area contributed by atoms with Gasteiger partial charge in [0, 0.05) is 17.9 Å². The van der Waals surface area contributed by atoms with Crippen molar-refractivity contribution in [1.29, 1.82) is 10.5 Å². The lowest BCUT2D eigenvalue weighted by Gasteiger charge is -2.17. The van der Waals surface area contributed by atoms with Crippen LogP contribution < -0.4 is 0 Å². The maximum absolute atomic E-state index is 12.4. The largest absolute Gasteiger partial charge is 0.294 e. The van der Waals surface area contributed by atoms with Gasteiger partial charge in [-0.2, -0.15) is 10.5 Å². The maximum Gasteiger partial charge on any atom is 0.163 e. The SMILES string of the molecule is Cc1ccc([C@@H](CC(=O)c2ccccc2)C(C#N)C#N)cc1. The molecule has 108 valence electrons. The van der Waals surface area contributed by atoms with E-state index in [-0.39, 0.29) is 12.2 Å². The molecular weight excluding hydrogens is 272 g/mol. The number of hydrogen-bond donors (Lipinski definition) is 0. The Kier molecular flexibility index (Phi) is 5.07. The molecule has 0 spiro atoms. The molecule has 2 rings (SSSR count). The zero-order chi connectivity index (χ0) is 15.9. The van der Waals surface area contributed by atoms with E-state index in [1.54, 1.807) is 24.3 Å². The van der Waals surface area contributed by atoms with E-state index in [2.05, 4.69) is 0 Å². The highest BCUT2D eigenvalue weighted by atomic mass is 16.1. The topological polar surface area (TPSA) is 64.7 Å². The summed E-state index contributed by atoms with van der Waals surface area (Å²) in [5.41, 5.74) is 2.56. The van der Waals surface area contributed by atoms with Crippen molar-refractivity contribution in [3.8, 4) is 12.1 Å². The van der Waals surface area contributed by atoms with Crippen LogP contribution in [0.4, 0.5) is 0 Å². The van der Waals surface area contributed by atoms with Gasteiger partial charge in [0.2, 0.25) is 0 Å². The van der Waals surface area contributed by atoms with Gasteiger partial charge in [0.25, 0.3) is 0 Å². The average molecular weight is 288 g/mol. The number of carbonyl (C=O) groups is 1. The normalized spacial score (nSPS) is 11.5. The molecule has 2 aromatic rings. The number of hydrogen-bond acceptors (Lipinski definition) is 3.